The highest BCUT2D eigenvalue weighted by atomic mass is 16.2. The van der Waals surface area contributed by atoms with E-state index in [2.05, 4.69) is 36.7 Å². The van der Waals surface area contributed by atoms with Gasteiger partial charge in [0.1, 0.15) is 5.69 Å². The molecule has 1 aromatic heterocycles. The van der Waals surface area contributed by atoms with Crippen LogP contribution in [0.4, 0.5) is 11.4 Å². The summed E-state index contributed by atoms with van der Waals surface area (Å²) in [5.41, 5.74) is 3.87. The van der Waals surface area contributed by atoms with E-state index in [1.165, 1.54) is 5.56 Å². The number of anilines is 2. The number of para-hydroxylation sites is 1. The highest BCUT2D eigenvalue weighted by Gasteiger charge is 2.32. The van der Waals surface area contributed by atoms with E-state index in [1.54, 1.807) is 6.20 Å². The monoisotopic (exact) mass is 337 g/mol. The molecule has 0 saturated heterocycles. The Kier molecular flexibility index (Phi) is 5.37. The molecule has 0 spiro atoms. The lowest BCUT2D eigenvalue weighted by Crippen LogP contribution is -2.36. The summed E-state index contributed by atoms with van der Waals surface area (Å²) in [6.45, 7) is 8.45. The van der Waals surface area contributed by atoms with Gasteiger partial charge in [0.05, 0.1) is 0 Å². The minimum Gasteiger partial charge on any atom is -0.371 e. The van der Waals surface area contributed by atoms with Gasteiger partial charge in [-0.05, 0) is 49.9 Å². The maximum absolute atomic E-state index is 13.2. The zero-order valence-electron chi connectivity index (χ0n) is 15.4. The molecule has 0 aliphatic carbocycles. The standard InChI is InChI=1S/C21H27N3O/c1-4-12-23(13-5-2)18-10-11-22-19(15-18)21(25)24-16(3)14-17-8-6-7-9-20(17)24/h6-11,15-16H,4-5,12-14H2,1-3H3. The van der Waals surface area contributed by atoms with Crippen LogP contribution in [0.1, 0.15) is 49.7 Å². The van der Waals surface area contributed by atoms with Crippen molar-refractivity contribution in [2.75, 3.05) is 22.9 Å². The summed E-state index contributed by atoms with van der Waals surface area (Å²) in [4.78, 5) is 21.8. The number of nitrogens with zero attached hydrogens (tertiary/aromatic N) is 3. The van der Waals surface area contributed by atoms with Gasteiger partial charge in [-0.1, -0.05) is 32.0 Å². The van der Waals surface area contributed by atoms with Crippen molar-refractivity contribution < 1.29 is 4.79 Å². The molecule has 1 aromatic carbocycles. The Morgan fingerprint density at radius 3 is 2.64 bits per heavy atom. The normalized spacial score (nSPS) is 16.0. The van der Waals surface area contributed by atoms with Gasteiger partial charge in [-0.25, -0.2) is 0 Å². The van der Waals surface area contributed by atoms with Gasteiger partial charge >= 0.3 is 0 Å². The molecule has 1 unspecified atom stereocenters. The van der Waals surface area contributed by atoms with E-state index >= 15 is 0 Å². The molecule has 2 heterocycles. The summed E-state index contributed by atoms with van der Waals surface area (Å²) in [6, 6.07) is 12.3. The van der Waals surface area contributed by atoms with E-state index in [0.29, 0.717) is 5.69 Å². The molecule has 1 aliphatic heterocycles. The molecular formula is C21H27N3O. The average molecular weight is 337 g/mol. The minimum atomic E-state index is -0.00718. The first-order valence-corrected chi connectivity index (χ1v) is 9.28. The van der Waals surface area contributed by atoms with Crippen LogP contribution in [0, 0.1) is 0 Å². The molecule has 0 saturated carbocycles. The first-order chi connectivity index (χ1) is 12.2. The Morgan fingerprint density at radius 1 is 1.20 bits per heavy atom. The molecule has 0 N–H and O–H groups in total. The Bertz CT molecular complexity index is 737. The van der Waals surface area contributed by atoms with Gasteiger partial charge in [0.2, 0.25) is 0 Å². The number of benzene rings is 1. The van der Waals surface area contributed by atoms with E-state index in [9.17, 15) is 4.79 Å². The highest BCUT2D eigenvalue weighted by molar-refractivity contribution is 6.07. The van der Waals surface area contributed by atoms with Crippen LogP contribution in [-0.4, -0.2) is 30.0 Å². The summed E-state index contributed by atoms with van der Waals surface area (Å²) in [5, 5.41) is 0. The lowest BCUT2D eigenvalue weighted by molar-refractivity contribution is 0.0976. The van der Waals surface area contributed by atoms with E-state index < -0.39 is 0 Å². The first-order valence-electron chi connectivity index (χ1n) is 9.28. The van der Waals surface area contributed by atoms with Crippen molar-refractivity contribution in [3.63, 3.8) is 0 Å². The number of hydrogen-bond acceptors (Lipinski definition) is 3. The number of pyridine rings is 1. The van der Waals surface area contributed by atoms with E-state index in [0.717, 1.165) is 43.7 Å². The molecule has 0 radical (unpaired) electrons. The van der Waals surface area contributed by atoms with Crippen molar-refractivity contribution in [1.29, 1.82) is 0 Å². The first kappa shape index (κ1) is 17.5. The largest absolute Gasteiger partial charge is 0.371 e. The van der Waals surface area contributed by atoms with Crippen LogP contribution in [0.3, 0.4) is 0 Å². The third kappa shape index (κ3) is 3.53. The smallest absolute Gasteiger partial charge is 0.277 e. The zero-order valence-corrected chi connectivity index (χ0v) is 15.4. The molecule has 132 valence electrons. The maximum atomic E-state index is 13.2. The van der Waals surface area contributed by atoms with E-state index in [-0.39, 0.29) is 11.9 Å². The maximum Gasteiger partial charge on any atom is 0.277 e. The minimum absolute atomic E-state index is 0.00718. The van der Waals surface area contributed by atoms with E-state index in [4.69, 9.17) is 0 Å². The molecule has 3 rings (SSSR count). The number of fused-ring (bicyclic) bond motifs is 1. The molecule has 1 atom stereocenters. The van der Waals surface area contributed by atoms with Crippen molar-refractivity contribution in [3.8, 4) is 0 Å². The summed E-state index contributed by atoms with van der Waals surface area (Å²) >= 11 is 0. The molecule has 4 heteroatoms. The quantitative estimate of drug-likeness (QED) is 0.788. The Morgan fingerprint density at radius 2 is 1.92 bits per heavy atom. The molecular weight excluding hydrogens is 310 g/mol. The number of amides is 1. The highest BCUT2D eigenvalue weighted by Crippen LogP contribution is 2.33. The molecule has 25 heavy (non-hydrogen) atoms. The van der Waals surface area contributed by atoms with E-state index in [1.807, 2.05) is 35.2 Å². The van der Waals surface area contributed by atoms with Crippen molar-refractivity contribution in [2.45, 2.75) is 46.1 Å². The van der Waals surface area contributed by atoms with Crippen LogP contribution in [-0.2, 0) is 6.42 Å². The molecule has 0 fully saturated rings. The topological polar surface area (TPSA) is 36.4 Å². The lowest BCUT2D eigenvalue weighted by atomic mass is 10.1. The summed E-state index contributed by atoms with van der Waals surface area (Å²) in [7, 11) is 0. The van der Waals surface area contributed by atoms with Crippen LogP contribution in [0.2, 0.25) is 0 Å². The second-order valence-electron chi connectivity index (χ2n) is 6.74. The zero-order chi connectivity index (χ0) is 17.8. The van der Waals surface area contributed by atoms with Crippen LogP contribution >= 0.6 is 0 Å². The molecule has 1 amide bonds. The number of aromatic nitrogens is 1. The van der Waals surface area contributed by atoms with Gasteiger partial charge < -0.3 is 9.80 Å². The molecule has 0 bridgehead atoms. The van der Waals surface area contributed by atoms with Gasteiger partial charge in [-0.3, -0.25) is 9.78 Å². The molecule has 2 aromatic rings. The summed E-state index contributed by atoms with van der Waals surface area (Å²) in [5.74, 6) is -0.00718. The van der Waals surface area contributed by atoms with Gasteiger partial charge in [-0.15, -0.1) is 0 Å². The third-order valence-electron chi connectivity index (χ3n) is 4.74. The Labute approximate surface area is 150 Å². The van der Waals surface area contributed by atoms with Crippen molar-refractivity contribution in [3.05, 3.63) is 53.9 Å². The predicted octanol–water partition coefficient (Wildman–Crippen LogP) is 4.30. The fraction of sp³-hybridized carbons (Fsp3) is 0.429. The predicted molar refractivity (Wildman–Crippen MR) is 103 cm³/mol. The van der Waals surface area contributed by atoms with Crippen LogP contribution in [0.15, 0.2) is 42.6 Å². The number of carbonyl (C=O) groups excluding carboxylic acids is 1. The van der Waals surface area contributed by atoms with Gasteiger partial charge in [0, 0.05) is 36.7 Å². The van der Waals surface area contributed by atoms with Gasteiger partial charge in [0.15, 0.2) is 0 Å². The molecule has 4 nitrogen and oxygen atoms in total. The molecule has 1 aliphatic rings. The second-order valence-corrected chi connectivity index (χ2v) is 6.74. The number of rotatable bonds is 6. The van der Waals surface area contributed by atoms with Crippen molar-refractivity contribution in [1.82, 2.24) is 4.98 Å². The summed E-state index contributed by atoms with van der Waals surface area (Å²) < 4.78 is 0. The second kappa shape index (κ2) is 7.68. The van der Waals surface area contributed by atoms with Gasteiger partial charge in [-0.2, -0.15) is 0 Å². The average Bonchev–Trinajstić information content (AvgIpc) is 2.96. The SMILES string of the molecule is CCCN(CCC)c1ccnc(C(=O)N2c3ccccc3CC2C)c1. The third-order valence-corrected chi connectivity index (χ3v) is 4.74. The number of carbonyl (C=O) groups is 1. The Hall–Kier alpha value is -2.36. The number of hydrogen-bond donors (Lipinski definition) is 0. The Balaban J connectivity index is 1.89. The fourth-order valence-corrected chi connectivity index (χ4v) is 3.64. The van der Waals surface area contributed by atoms with Crippen LogP contribution in [0.25, 0.3) is 0 Å². The van der Waals surface area contributed by atoms with Crippen LogP contribution in [0.5, 0.6) is 0 Å². The summed E-state index contributed by atoms with van der Waals surface area (Å²) in [6.07, 6.45) is 4.83. The van der Waals surface area contributed by atoms with Crippen molar-refractivity contribution >= 4 is 17.3 Å². The fourth-order valence-electron chi connectivity index (χ4n) is 3.64. The van der Waals surface area contributed by atoms with Crippen LogP contribution < -0.4 is 9.80 Å². The van der Waals surface area contributed by atoms with Crippen molar-refractivity contribution in [2.24, 2.45) is 0 Å². The van der Waals surface area contributed by atoms with Gasteiger partial charge in [0.25, 0.3) is 5.91 Å². The lowest BCUT2D eigenvalue weighted by Gasteiger charge is -2.25.